The molecule has 0 saturated heterocycles. The maximum Gasteiger partial charge on any atom is 0.309 e. The lowest BCUT2D eigenvalue weighted by Crippen LogP contribution is -2.34. The summed E-state index contributed by atoms with van der Waals surface area (Å²) in [7, 11) is 7.32. The Bertz CT molecular complexity index is 881. The first-order valence-corrected chi connectivity index (χ1v) is 15.9. The summed E-state index contributed by atoms with van der Waals surface area (Å²) in [6.45, 7) is 4.14. The molecule has 5 atom stereocenters. The van der Waals surface area contributed by atoms with E-state index in [1.165, 1.54) is 35.5 Å². The van der Waals surface area contributed by atoms with Crippen molar-refractivity contribution in [3.05, 3.63) is 0 Å². The van der Waals surface area contributed by atoms with Crippen LogP contribution in [0.5, 0.6) is 0 Å². The maximum absolute atomic E-state index is 13.5. The van der Waals surface area contributed by atoms with Gasteiger partial charge in [-0.1, -0.05) is 13.8 Å². The highest BCUT2D eigenvalue weighted by Gasteiger charge is 2.37. The van der Waals surface area contributed by atoms with Crippen LogP contribution in [0.2, 0.25) is 0 Å². The lowest BCUT2D eigenvalue weighted by atomic mass is 9.80. The van der Waals surface area contributed by atoms with E-state index in [0.29, 0.717) is 6.42 Å². The molecule has 15 heteroatoms. The monoisotopic (exact) mass is 680 g/mol. The average Bonchev–Trinajstić information content (AvgIpc) is 3.05. The minimum atomic E-state index is -1.02. The van der Waals surface area contributed by atoms with E-state index >= 15 is 0 Å². The summed E-state index contributed by atoms with van der Waals surface area (Å²) >= 11 is 0. The molecule has 0 N–H and O–H groups in total. The predicted molar refractivity (Wildman–Crippen MR) is 166 cm³/mol. The molecule has 0 bridgehead atoms. The second-order valence-corrected chi connectivity index (χ2v) is 10.8. The number of carbonyl (C=O) groups is 5. The van der Waals surface area contributed by atoms with E-state index in [2.05, 4.69) is 0 Å². The number of esters is 5. The van der Waals surface area contributed by atoms with Crippen molar-refractivity contribution in [2.45, 2.75) is 46.0 Å². The van der Waals surface area contributed by atoms with Crippen molar-refractivity contribution < 1.29 is 71.3 Å². The first-order chi connectivity index (χ1) is 22.6. The molecule has 0 aromatic carbocycles. The lowest BCUT2D eigenvalue weighted by molar-refractivity contribution is -0.157. The van der Waals surface area contributed by atoms with Crippen LogP contribution < -0.4 is 0 Å². The third kappa shape index (κ3) is 20.2. The standard InChI is InChI=1S/C32H56O15/c1-8-24(29(34)44-15-10-39-4)20-26(31(36)46-17-12-41-6)22-27(32(37)47-18-13-42-7)21-25(30(35)45-16-11-40-5)19-23(2)28(33)43-14-9-38-3/h23-27H,8-22H2,1-7H3. The Balaban J connectivity index is 6.36. The zero-order valence-corrected chi connectivity index (χ0v) is 29.1. The Labute approximate surface area is 278 Å². The molecule has 0 aromatic rings. The molecule has 0 fully saturated rings. The highest BCUT2D eigenvalue weighted by Crippen LogP contribution is 2.31. The van der Waals surface area contributed by atoms with Gasteiger partial charge < -0.3 is 47.4 Å². The molecule has 5 unspecified atom stereocenters. The van der Waals surface area contributed by atoms with Crippen molar-refractivity contribution in [3.8, 4) is 0 Å². The summed E-state index contributed by atoms with van der Waals surface area (Å²) in [5.41, 5.74) is 0. The van der Waals surface area contributed by atoms with Gasteiger partial charge in [0.2, 0.25) is 0 Å². The number of hydrogen-bond acceptors (Lipinski definition) is 15. The van der Waals surface area contributed by atoms with Gasteiger partial charge in [-0.3, -0.25) is 24.0 Å². The number of ether oxygens (including phenoxy) is 10. The third-order valence-electron chi connectivity index (χ3n) is 7.23. The van der Waals surface area contributed by atoms with Crippen molar-refractivity contribution in [2.75, 3.05) is 102 Å². The van der Waals surface area contributed by atoms with E-state index in [0.717, 1.165) is 0 Å². The Morgan fingerprint density at radius 3 is 0.936 bits per heavy atom. The molecule has 274 valence electrons. The zero-order chi connectivity index (χ0) is 35.5. The lowest BCUT2D eigenvalue weighted by Gasteiger charge is -2.27. The van der Waals surface area contributed by atoms with Crippen molar-refractivity contribution >= 4 is 29.8 Å². The quantitative estimate of drug-likeness (QED) is 0.0636. The summed E-state index contributed by atoms with van der Waals surface area (Å²) in [6, 6.07) is 0. The van der Waals surface area contributed by atoms with Gasteiger partial charge in [0.25, 0.3) is 0 Å². The minimum Gasteiger partial charge on any atom is -0.463 e. The van der Waals surface area contributed by atoms with Crippen molar-refractivity contribution in [1.82, 2.24) is 0 Å². The van der Waals surface area contributed by atoms with Crippen LogP contribution in [0.4, 0.5) is 0 Å². The van der Waals surface area contributed by atoms with E-state index in [1.807, 2.05) is 0 Å². The summed E-state index contributed by atoms with van der Waals surface area (Å²) in [5.74, 6) is -7.40. The first kappa shape index (κ1) is 44.1. The fourth-order valence-corrected chi connectivity index (χ4v) is 4.59. The van der Waals surface area contributed by atoms with Crippen molar-refractivity contribution in [1.29, 1.82) is 0 Å². The molecule has 47 heavy (non-hydrogen) atoms. The molecule has 0 amide bonds. The zero-order valence-electron chi connectivity index (χ0n) is 29.1. The van der Waals surface area contributed by atoms with E-state index in [9.17, 15) is 24.0 Å². The summed E-state index contributed by atoms with van der Waals surface area (Å²) in [4.78, 5) is 65.6. The molecular weight excluding hydrogens is 624 g/mol. The van der Waals surface area contributed by atoms with E-state index in [1.54, 1.807) is 13.8 Å². The summed E-state index contributed by atoms with van der Waals surface area (Å²) in [6.07, 6.45) is 0.124. The third-order valence-corrected chi connectivity index (χ3v) is 7.23. The van der Waals surface area contributed by atoms with Crippen LogP contribution in [-0.4, -0.2) is 131 Å². The van der Waals surface area contributed by atoms with Gasteiger partial charge in [0.15, 0.2) is 0 Å². The molecule has 0 radical (unpaired) electrons. The number of carbonyl (C=O) groups excluding carboxylic acids is 5. The second-order valence-electron chi connectivity index (χ2n) is 10.8. The number of methoxy groups -OCH3 is 5. The van der Waals surface area contributed by atoms with E-state index in [4.69, 9.17) is 47.4 Å². The molecule has 0 saturated carbocycles. The van der Waals surface area contributed by atoms with Crippen LogP contribution in [0.1, 0.15) is 46.0 Å². The highest BCUT2D eigenvalue weighted by atomic mass is 16.6. The average molecular weight is 681 g/mol. The second kappa shape index (κ2) is 28.2. The smallest absolute Gasteiger partial charge is 0.309 e. The van der Waals surface area contributed by atoms with Gasteiger partial charge in [-0.15, -0.1) is 0 Å². The maximum atomic E-state index is 13.5. The molecule has 0 aliphatic rings. The van der Waals surface area contributed by atoms with Crippen molar-refractivity contribution in [2.24, 2.45) is 29.6 Å². The Morgan fingerprint density at radius 1 is 0.383 bits per heavy atom. The molecule has 0 rings (SSSR count). The van der Waals surface area contributed by atoms with Crippen LogP contribution in [0.15, 0.2) is 0 Å². The van der Waals surface area contributed by atoms with E-state index in [-0.39, 0.29) is 91.8 Å². The van der Waals surface area contributed by atoms with Gasteiger partial charge in [0, 0.05) is 35.5 Å². The van der Waals surface area contributed by atoms with Crippen LogP contribution >= 0.6 is 0 Å². The van der Waals surface area contributed by atoms with Gasteiger partial charge in [-0.25, -0.2) is 0 Å². The summed E-state index contributed by atoms with van der Waals surface area (Å²) in [5, 5.41) is 0. The normalized spacial score (nSPS) is 14.3. The summed E-state index contributed by atoms with van der Waals surface area (Å²) < 4.78 is 51.7. The largest absolute Gasteiger partial charge is 0.463 e. The van der Waals surface area contributed by atoms with E-state index < -0.39 is 59.4 Å². The van der Waals surface area contributed by atoms with Crippen LogP contribution in [0, 0.1) is 29.6 Å². The minimum absolute atomic E-state index is 0.00809. The van der Waals surface area contributed by atoms with Gasteiger partial charge in [0.1, 0.15) is 33.0 Å². The first-order valence-electron chi connectivity index (χ1n) is 15.9. The SMILES string of the molecule is CCC(CC(CC(CC(CC(C)C(=O)OCCOC)C(=O)OCCOC)C(=O)OCCOC)C(=O)OCCOC)C(=O)OCCOC. The van der Waals surface area contributed by atoms with Crippen LogP contribution in [0.25, 0.3) is 0 Å². The van der Waals surface area contributed by atoms with Gasteiger partial charge in [-0.05, 0) is 32.1 Å². The molecule has 0 spiro atoms. The molecular formula is C32H56O15. The Hall–Kier alpha value is -2.85. The Kier molecular flexibility index (Phi) is 26.5. The van der Waals surface area contributed by atoms with Gasteiger partial charge in [-0.2, -0.15) is 0 Å². The van der Waals surface area contributed by atoms with Crippen molar-refractivity contribution in [3.63, 3.8) is 0 Å². The molecule has 15 nitrogen and oxygen atoms in total. The van der Waals surface area contributed by atoms with Crippen LogP contribution in [0.3, 0.4) is 0 Å². The van der Waals surface area contributed by atoms with Gasteiger partial charge >= 0.3 is 29.8 Å². The van der Waals surface area contributed by atoms with Crippen LogP contribution in [-0.2, 0) is 71.3 Å². The predicted octanol–water partition coefficient (Wildman–Crippen LogP) is 2.01. The molecule has 0 aliphatic heterocycles. The fourth-order valence-electron chi connectivity index (χ4n) is 4.59. The highest BCUT2D eigenvalue weighted by molar-refractivity contribution is 5.79. The number of rotatable bonds is 29. The molecule has 0 aliphatic carbocycles. The number of hydrogen-bond donors (Lipinski definition) is 0. The fraction of sp³-hybridized carbons (Fsp3) is 0.844. The van der Waals surface area contributed by atoms with Gasteiger partial charge in [0.05, 0.1) is 62.6 Å². The molecule has 0 heterocycles. The Morgan fingerprint density at radius 2 is 0.638 bits per heavy atom. The molecule has 0 aromatic heterocycles. The topological polar surface area (TPSA) is 178 Å².